The molecule has 4 nitrogen and oxygen atoms in total. The van der Waals surface area contributed by atoms with Gasteiger partial charge in [-0.05, 0) is 12.7 Å². The third-order valence-electron chi connectivity index (χ3n) is 2.56. The zero-order valence-corrected chi connectivity index (χ0v) is 12.6. The molecule has 0 fully saturated rings. The van der Waals surface area contributed by atoms with Gasteiger partial charge in [-0.1, -0.05) is 6.92 Å². The number of aromatic nitrogens is 2. The number of rotatable bonds is 7. The molecule has 1 rings (SSSR count). The van der Waals surface area contributed by atoms with E-state index in [0.29, 0.717) is 13.1 Å². The van der Waals surface area contributed by atoms with Crippen molar-refractivity contribution in [3.63, 3.8) is 0 Å². The molecule has 0 saturated heterocycles. The molecule has 0 bridgehead atoms. The number of halogens is 3. The highest BCUT2D eigenvalue weighted by Crippen LogP contribution is 2.30. The van der Waals surface area contributed by atoms with Crippen LogP contribution in [0.4, 0.5) is 24.9 Å². The second-order valence-corrected chi connectivity index (χ2v) is 5.26. The van der Waals surface area contributed by atoms with E-state index in [2.05, 4.69) is 15.3 Å². The van der Waals surface area contributed by atoms with Gasteiger partial charge in [0, 0.05) is 32.0 Å². The van der Waals surface area contributed by atoms with Crippen molar-refractivity contribution in [2.75, 3.05) is 42.4 Å². The molecule has 1 aromatic rings. The largest absolute Gasteiger partial charge is 0.433 e. The molecule has 1 N–H and O–H groups in total. The van der Waals surface area contributed by atoms with Gasteiger partial charge in [0.1, 0.15) is 5.82 Å². The molecular weight excluding hydrogens is 289 g/mol. The van der Waals surface area contributed by atoms with Crippen LogP contribution in [0.3, 0.4) is 0 Å². The van der Waals surface area contributed by atoms with Crippen LogP contribution < -0.4 is 10.2 Å². The molecule has 0 amide bonds. The zero-order valence-electron chi connectivity index (χ0n) is 11.8. The van der Waals surface area contributed by atoms with Crippen molar-refractivity contribution in [1.29, 1.82) is 0 Å². The van der Waals surface area contributed by atoms with Gasteiger partial charge in [-0.15, -0.1) is 0 Å². The molecule has 20 heavy (non-hydrogen) atoms. The molecule has 0 aromatic carbocycles. The lowest BCUT2D eigenvalue weighted by Crippen LogP contribution is -2.23. The van der Waals surface area contributed by atoms with E-state index >= 15 is 0 Å². The summed E-state index contributed by atoms with van der Waals surface area (Å²) in [7, 11) is 1.72. The van der Waals surface area contributed by atoms with Gasteiger partial charge in [-0.25, -0.2) is 4.98 Å². The van der Waals surface area contributed by atoms with Crippen LogP contribution in [0.15, 0.2) is 6.07 Å². The fourth-order valence-electron chi connectivity index (χ4n) is 1.43. The van der Waals surface area contributed by atoms with Gasteiger partial charge in [0.15, 0.2) is 5.69 Å². The summed E-state index contributed by atoms with van der Waals surface area (Å²) in [5.41, 5.74) is -0.919. The summed E-state index contributed by atoms with van der Waals surface area (Å²) < 4.78 is 38.5. The Morgan fingerprint density at radius 1 is 1.35 bits per heavy atom. The van der Waals surface area contributed by atoms with E-state index in [-0.39, 0.29) is 11.8 Å². The van der Waals surface area contributed by atoms with Gasteiger partial charge < -0.3 is 10.2 Å². The lowest BCUT2D eigenvalue weighted by atomic mass is 10.3. The summed E-state index contributed by atoms with van der Waals surface area (Å²) >= 11 is 1.63. The average Bonchev–Trinajstić information content (AvgIpc) is 2.41. The van der Waals surface area contributed by atoms with Crippen LogP contribution in [0.25, 0.3) is 0 Å². The SMILES string of the molecule is CCCNc1nc(N(C)CCSC)cc(C(F)(F)F)n1. The van der Waals surface area contributed by atoms with Gasteiger partial charge >= 0.3 is 6.18 Å². The molecule has 0 unspecified atom stereocenters. The number of hydrogen-bond donors (Lipinski definition) is 1. The number of hydrogen-bond acceptors (Lipinski definition) is 5. The van der Waals surface area contributed by atoms with Gasteiger partial charge in [-0.3, -0.25) is 0 Å². The van der Waals surface area contributed by atoms with E-state index < -0.39 is 11.9 Å². The fraction of sp³-hybridized carbons (Fsp3) is 0.667. The van der Waals surface area contributed by atoms with Gasteiger partial charge in [-0.2, -0.15) is 29.9 Å². The maximum absolute atomic E-state index is 12.8. The topological polar surface area (TPSA) is 41.1 Å². The van der Waals surface area contributed by atoms with E-state index in [1.807, 2.05) is 13.2 Å². The monoisotopic (exact) mass is 308 g/mol. The Morgan fingerprint density at radius 2 is 2.05 bits per heavy atom. The highest BCUT2D eigenvalue weighted by molar-refractivity contribution is 7.98. The van der Waals surface area contributed by atoms with Crippen LogP contribution in [-0.4, -0.2) is 42.1 Å². The maximum Gasteiger partial charge on any atom is 0.433 e. The van der Waals surface area contributed by atoms with Gasteiger partial charge in [0.2, 0.25) is 5.95 Å². The smallest absolute Gasteiger partial charge is 0.359 e. The number of thioether (sulfide) groups is 1. The Kier molecular flexibility index (Phi) is 6.38. The first-order chi connectivity index (χ1) is 9.38. The zero-order chi connectivity index (χ0) is 15.2. The minimum atomic E-state index is -4.47. The molecule has 1 heterocycles. The summed E-state index contributed by atoms with van der Waals surface area (Å²) in [6, 6.07) is 0.984. The molecule has 0 spiro atoms. The third kappa shape index (κ3) is 5.07. The van der Waals surface area contributed by atoms with E-state index in [0.717, 1.165) is 18.2 Å². The van der Waals surface area contributed by atoms with Crippen molar-refractivity contribution in [3.05, 3.63) is 11.8 Å². The van der Waals surface area contributed by atoms with Crippen LogP contribution in [-0.2, 0) is 6.18 Å². The van der Waals surface area contributed by atoms with Crippen LogP contribution in [0.1, 0.15) is 19.0 Å². The lowest BCUT2D eigenvalue weighted by Gasteiger charge is -2.19. The molecule has 0 radical (unpaired) electrons. The quantitative estimate of drug-likeness (QED) is 0.838. The summed E-state index contributed by atoms with van der Waals surface area (Å²) in [4.78, 5) is 9.36. The van der Waals surface area contributed by atoms with Crippen LogP contribution in [0.5, 0.6) is 0 Å². The Bertz CT molecular complexity index is 426. The van der Waals surface area contributed by atoms with Crippen LogP contribution >= 0.6 is 11.8 Å². The second-order valence-electron chi connectivity index (χ2n) is 4.27. The van der Waals surface area contributed by atoms with Crippen molar-refractivity contribution in [3.8, 4) is 0 Å². The van der Waals surface area contributed by atoms with Crippen LogP contribution in [0, 0.1) is 0 Å². The van der Waals surface area contributed by atoms with Crippen molar-refractivity contribution in [2.24, 2.45) is 0 Å². The number of nitrogens with one attached hydrogen (secondary N) is 1. The standard InChI is InChI=1S/C12H19F3N4S/c1-4-5-16-11-17-9(12(13,14)15)8-10(18-11)19(2)6-7-20-3/h8H,4-7H2,1-3H3,(H,16,17,18). The first kappa shape index (κ1) is 16.9. The normalized spacial score (nSPS) is 11.5. The van der Waals surface area contributed by atoms with Crippen molar-refractivity contribution < 1.29 is 13.2 Å². The maximum atomic E-state index is 12.8. The first-order valence-corrected chi connectivity index (χ1v) is 7.68. The molecular formula is C12H19F3N4S. The second kappa shape index (κ2) is 7.56. The van der Waals surface area contributed by atoms with E-state index in [4.69, 9.17) is 0 Å². The van der Waals surface area contributed by atoms with Crippen molar-refractivity contribution in [2.45, 2.75) is 19.5 Å². The Labute approximate surface area is 121 Å². The molecule has 0 saturated carbocycles. The summed E-state index contributed by atoms with van der Waals surface area (Å²) in [5, 5.41) is 2.80. The number of nitrogens with zero attached hydrogens (tertiary/aromatic N) is 3. The molecule has 114 valence electrons. The highest BCUT2D eigenvalue weighted by Gasteiger charge is 2.34. The summed E-state index contributed by atoms with van der Waals surface area (Å²) in [5.74, 6) is 1.12. The molecule has 8 heteroatoms. The lowest BCUT2D eigenvalue weighted by molar-refractivity contribution is -0.141. The fourth-order valence-corrected chi connectivity index (χ4v) is 1.89. The van der Waals surface area contributed by atoms with E-state index in [1.165, 1.54) is 0 Å². The third-order valence-corrected chi connectivity index (χ3v) is 3.15. The van der Waals surface area contributed by atoms with Gasteiger partial charge in [0.25, 0.3) is 0 Å². The Morgan fingerprint density at radius 3 is 2.60 bits per heavy atom. The van der Waals surface area contributed by atoms with Gasteiger partial charge in [0.05, 0.1) is 0 Å². The summed E-state index contributed by atoms with van der Waals surface area (Å²) in [6.45, 7) is 3.09. The summed E-state index contributed by atoms with van der Waals surface area (Å²) in [6.07, 6.45) is -1.73. The molecule has 1 aromatic heterocycles. The highest BCUT2D eigenvalue weighted by atomic mass is 32.2. The molecule has 0 aliphatic rings. The number of alkyl halides is 3. The van der Waals surface area contributed by atoms with Crippen molar-refractivity contribution in [1.82, 2.24) is 9.97 Å². The predicted octanol–water partition coefficient (Wildman–Crippen LogP) is 3.12. The minimum absolute atomic E-state index is 0.0210. The molecule has 0 aliphatic carbocycles. The molecule has 0 aliphatic heterocycles. The Balaban J connectivity index is 3.02. The first-order valence-electron chi connectivity index (χ1n) is 6.28. The molecule has 0 atom stereocenters. The van der Waals surface area contributed by atoms with E-state index in [1.54, 1.807) is 23.7 Å². The van der Waals surface area contributed by atoms with E-state index in [9.17, 15) is 13.2 Å². The van der Waals surface area contributed by atoms with Crippen molar-refractivity contribution >= 4 is 23.5 Å². The minimum Gasteiger partial charge on any atom is -0.359 e. The average molecular weight is 308 g/mol. The van der Waals surface area contributed by atoms with Crippen LogP contribution in [0.2, 0.25) is 0 Å². The number of anilines is 2. The Hall–Kier alpha value is -1.18. The predicted molar refractivity (Wildman–Crippen MR) is 77.5 cm³/mol.